The molecule has 0 unspecified atom stereocenters. The van der Waals surface area contributed by atoms with Crippen LogP contribution in [0.5, 0.6) is 0 Å². The van der Waals surface area contributed by atoms with Gasteiger partial charge in [-0.15, -0.1) is 0 Å². The van der Waals surface area contributed by atoms with Crippen molar-refractivity contribution in [3.05, 3.63) is 35.4 Å². The summed E-state index contributed by atoms with van der Waals surface area (Å²) in [5.41, 5.74) is 2.48. The number of aryl methyl sites for hydroxylation is 1. The van der Waals surface area contributed by atoms with Crippen LogP contribution in [0.15, 0.2) is 24.3 Å². The summed E-state index contributed by atoms with van der Waals surface area (Å²) in [6.45, 7) is 2.73. The van der Waals surface area contributed by atoms with E-state index in [1.165, 1.54) is 11.1 Å². The third-order valence-corrected chi connectivity index (χ3v) is 6.01. The van der Waals surface area contributed by atoms with E-state index >= 15 is 0 Å². The molecule has 0 radical (unpaired) electrons. The van der Waals surface area contributed by atoms with Gasteiger partial charge in [0.25, 0.3) is 0 Å². The zero-order valence-corrected chi connectivity index (χ0v) is 14.3. The number of hydrogen-bond acceptors (Lipinski definition) is 5. The minimum atomic E-state index is -3.11. The van der Waals surface area contributed by atoms with Crippen LogP contribution in [0.4, 0.5) is 0 Å². The Morgan fingerprint density at radius 1 is 1.27 bits per heavy atom. The van der Waals surface area contributed by atoms with Gasteiger partial charge in [-0.3, -0.25) is 0 Å². The summed E-state index contributed by atoms with van der Waals surface area (Å²) in [4.78, 5) is 2.10. The van der Waals surface area contributed by atoms with Crippen molar-refractivity contribution >= 4 is 9.84 Å². The maximum absolute atomic E-state index is 11.6. The molecule has 1 aliphatic heterocycles. The van der Waals surface area contributed by atoms with Crippen molar-refractivity contribution in [2.75, 3.05) is 32.1 Å². The molecule has 3 atom stereocenters. The standard InChI is InChI=1S/C16H26N2O3S/c1-4-12-5-7-13(8-6-12)15(18(2)3)9-17-14-10-22(20,21)11-16(14)19/h5-8,14-17,19H,4,9-11H2,1-3H3/t14-,15-,16+/m1/s1. The Bertz CT molecular complexity index is 584. The first-order valence-electron chi connectivity index (χ1n) is 7.69. The minimum absolute atomic E-state index is 0.0170. The van der Waals surface area contributed by atoms with Gasteiger partial charge in [0.05, 0.1) is 17.6 Å². The molecule has 0 bridgehead atoms. The lowest BCUT2D eigenvalue weighted by Gasteiger charge is -2.27. The number of sulfone groups is 1. The van der Waals surface area contributed by atoms with E-state index in [0.29, 0.717) is 6.54 Å². The summed E-state index contributed by atoms with van der Waals surface area (Å²) in [6.07, 6.45) is 0.201. The van der Waals surface area contributed by atoms with Crippen molar-refractivity contribution in [3.8, 4) is 0 Å². The molecule has 124 valence electrons. The first-order chi connectivity index (χ1) is 10.3. The Balaban J connectivity index is 2.03. The number of aliphatic hydroxyl groups excluding tert-OH is 1. The van der Waals surface area contributed by atoms with E-state index in [2.05, 4.69) is 41.4 Å². The number of benzene rings is 1. The third-order valence-electron chi connectivity index (χ3n) is 4.29. The molecule has 1 aliphatic rings. The SMILES string of the molecule is CCc1ccc([C@@H](CN[C@@H]2CS(=O)(=O)C[C@@H]2O)N(C)C)cc1. The Morgan fingerprint density at radius 3 is 2.36 bits per heavy atom. The van der Waals surface area contributed by atoms with E-state index in [-0.39, 0.29) is 23.6 Å². The molecular formula is C16H26N2O3S. The van der Waals surface area contributed by atoms with Crippen LogP contribution in [-0.4, -0.2) is 62.7 Å². The summed E-state index contributed by atoms with van der Waals surface area (Å²) in [6, 6.07) is 8.25. The lowest BCUT2D eigenvalue weighted by Crippen LogP contribution is -2.43. The summed E-state index contributed by atoms with van der Waals surface area (Å²) >= 11 is 0. The zero-order valence-electron chi connectivity index (χ0n) is 13.5. The second-order valence-corrected chi connectivity index (χ2v) is 8.39. The van der Waals surface area contributed by atoms with Gasteiger partial charge in [-0.05, 0) is 31.6 Å². The van der Waals surface area contributed by atoms with Crippen LogP contribution in [0.2, 0.25) is 0 Å². The Morgan fingerprint density at radius 2 is 1.91 bits per heavy atom. The molecule has 1 saturated heterocycles. The van der Waals surface area contributed by atoms with Crippen molar-refractivity contribution < 1.29 is 13.5 Å². The average Bonchev–Trinajstić information content (AvgIpc) is 2.72. The van der Waals surface area contributed by atoms with E-state index in [1.54, 1.807) is 0 Å². The predicted octanol–water partition coefficient (Wildman–Crippen LogP) is 0.599. The second kappa shape index (κ2) is 7.08. The fourth-order valence-electron chi connectivity index (χ4n) is 2.86. The van der Waals surface area contributed by atoms with Crippen LogP contribution < -0.4 is 5.32 Å². The van der Waals surface area contributed by atoms with Gasteiger partial charge in [-0.2, -0.15) is 0 Å². The molecule has 1 aromatic carbocycles. The van der Waals surface area contributed by atoms with Crippen LogP contribution in [0.3, 0.4) is 0 Å². The Labute approximate surface area is 133 Å². The number of nitrogens with one attached hydrogen (secondary N) is 1. The molecule has 1 fully saturated rings. The molecular weight excluding hydrogens is 300 g/mol. The van der Waals surface area contributed by atoms with E-state index in [9.17, 15) is 13.5 Å². The highest BCUT2D eigenvalue weighted by molar-refractivity contribution is 7.91. The summed E-state index contributed by atoms with van der Waals surface area (Å²) in [5, 5.41) is 13.1. The van der Waals surface area contributed by atoms with E-state index in [0.717, 1.165) is 6.42 Å². The number of aliphatic hydroxyl groups is 1. The summed E-state index contributed by atoms with van der Waals surface area (Å²) in [7, 11) is 0.891. The molecule has 2 rings (SSSR count). The zero-order chi connectivity index (χ0) is 16.3. The third kappa shape index (κ3) is 4.29. The lowest BCUT2D eigenvalue weighted by atomic mass is 10.0. The van der Waals surface area contributed by atoms with Gasteiger partial charge in [0, 0.05) is 18.6 Å². The van der Waals surface area contributed by atoms with Gasteiger partial charge in [-0.25, -0.2) is 8.42 Å². The van der Waals surface area contributed by atoms with Crippen molar-refractivity contribution in [2.45, 2.75) is 31.5 Å². The molecule has 22 heavy (non-hydrogen) atoms. The smallest absolute Gasteiger partial charge is 0.154 e. The highest BCUT2D eigenvalue weighted by atomic mass is 32.2. The molecule has 1 heterocycles. The van der Waals surface area contributed by atoms with Crippen LogP contribution in [-0.2, 0) is 16.3 Å². The first kappa shape index (κ1) is 17.4. The second-order valence-electron chi connectivity index (χ2n) is 6.23. The molecule has 0 amide bonds. The average molecular weight is 326 g/mol. The maximum Gasteiger partial charge on any atom is 0.154 e. The highest BCUT2D eigenvalue weighted by Crippen LogP contribution is 2.20. The highest BCUT2D eigenvalue weighted by Gasteiger charge is 2.36. The lowest BCUT2D eigenvalue weighted by molar-refractivity contribution is 0.159. The van der Waals surface area contributed by atoms with Crippen molar-refractivity contribution in [3.63, 3.8) is 0 Å². The van der Waals surface area contributed by atoms with E-state index < -0.39 is 15.9 Å². The maximum atomic E-state index is 11.6. The van der Waals surface area contributed by atoms with Gasteiger partial charge >= 0.3 is 0 Å². The Kier molecular flexibility index (Phi) is 5.60. The number of nitrogens with zero attached hydrogens (tertiary/aromatic N) is 1. The van der Waals surface area contributed by atoms with Crippen LogP contribution >= 0.6 is 0 Å². The van der Waals surface area contributed by atoms with Crippen LogP contribution in [0.25, 0.3) is 0 Å². The largest absolute Gasteiger partial charge is 0.390 e. The van der Waals surface area contributed by atoms with Crippen molar-refractivity contribution in [2.24, 2.45) is 0 Å². The molecule has 0 aliphatic carbocycles. The van der Waals surface area contributed by atoms with E-state index in [4.69, 9.17) is 0 Å². The number of hydrogen-bond donors (Lipinski definition) is 2. The quantitative estimate of drug-likeness (QED) is 0.801. The van der Waals surface area contributed by atoms with Gasteiger partial charge in [0.15, 0.2) is 9.84 Å². The number of likely N-dealkylation sites (N-methyl/N-ethyl adjacent to an activating group) is 1. The summed E-state index contributed by atoms with van der Waals surface area (Å²) in [5.74, 6) is -0.119. The molecule has 0 aromatic heterocycles. The topological polar surface area (TPSA) is 69.6 Å². The normalized spacial score (nSPS) is 25.5. The predicted molar refractivity (Wildman–Crippen MR) is 88.7 cm³/mol. The van der Waals surface area contributed by atoms with Crippen LogP contribution in [0.1, 0.15) is 24.1 Å². The fourth-order valence-corrected chi connectivity index (χ4v) is 4.64. The Hall–Kier alpha value is -0.950. The fraction of sp³-hybridized carbons (Fsp3) is 0.625. The van der Waals surface area contributed by atoms with Gasteiger partial charge < -0.3 is 15.3 Å². The molecule has 5 nitrogen and oxygen atoms in total. The monoisotopic (exact) mass is 326 g/mol. The molecule has 0 saturated carbocycles. The minimum Gasteiger partial charge on any atom is -0.390 e. The van der Waals surface area contributed by atoms with Gasteiger partial charge in [0.2, 0.25) is 0 Å². The molecule has 1 aromatic rings. The molecule has 2 N–H and O–H groups in total. The van der Waals surface area contributed by atoms with Gasteiger partial charge in [-0.1, -0.05) is 31.2 Å². The van der Waals surface area contributed by atoms with E-state index in [1.807, 2.05) is 14.1 Å². The number of rotatable bonds is 6. The van der Waals surface area contributed by atoms with Crippen LogP contribution in [0, 0.1) is 0 Å². The first-order valence-corrected chi connectivity index (χ1v) is 9.51. The van der Waals surface area contributed by atoms with Crippen molar-refractivity contribution in [1.29, 1.82) is 0 Å². The molecule has 6 heteroatoms. The summed E-state index contributed by atoms with van der Waals surface area (Å²) < 4.78 is 23.1. The van der Waals surface area contributed by atoms with Gasteiger partial charge in [0.1, 0.15) is 0 Å². The molecule has 0 spiro atoms. The van der Waals surface area contributed by atoms with Crippen molar-refractivity contribution in [1.82, 2.24) is 10.2 Å².